The van der Waals surface area contributed by atoms with Crippen molar-refractivity contribution in [3.63, 3.8) is 0 Å². The zero-order chi connectivity index (χ0) is 25.8. The fourth-order valence-electron chi connectivity index (χ4n) is 4.83. The molecule has 3 aromatic rings. The minimum Gasteiger partial charge on any atom is -0.359 e. The molecule has 2 aromatic carbocycles. The van der Waals surface area contributed by atoms with Crippen LogP contribution >= 0.6 is 0 Å². The highest BCUT2D eigenvalue weighted by molar-refractivity contribution is 6.13. The third-order valence-electron chi connectivity index (χ3n) is 6.75. The van der Waals surface area contributed by atoms with E-state index in [-0.39, 0.29) is 23.5 Å². The lowest BCUT2D eigenvalue weighted by Gasteiger charge is -2.40. The van der Waals surface area contributed by atoms with Gasteiger partial charge >= 0.3 is 6.18 Å². The Kier molecular flexibility index (Phi) is 5.77. The summed E-state index contributed by atoms with van der Waals surface area (Å²) in [6, 6.07) is 8.85. The van der Waals surface area contributed by atoms with E-state index in [2.05, 4.69) is 4.98 Å². The lowest BCUT2D eigenvalue weighted by Crippen LogP contribution is -2.46. The van der Waals surface area contributed by atoms with Gasteiger partial charge in [-0.1, -0.05) is 0 Å². The normalized spacial score (nSPS) is 16.1. The molecule has 188 valence electrons. The highest BCUT2D eigenvalue weighted by Crippen LogP contribution is 2.42. The number of alkyl halides is 3. The summed E-state index contributed by atoms with van der Waals surface area (Å²) in [6.45, 7) is 2.09. The summed E-state index contributed by atoms with van der Waals surface area (Å²) in [6.07, 6.45) is -2.70. The number of nitrogens with one attached hydrogen (secondary N) is 1. The van der Waals surface area contributed by atoms with Crippen molar-refractivity contribution in [1.29, 1.82) is 0 Å². The summed E-state index contributed by atoms with van der Waals surface area (Å²) < 4.78 is 55.0. The maximum Gasteiger partial charge on any atom is 0.416 e. The Morgan fingerprint density at radius 3 is 2.44 bits per heavy atom. The fourth-order valence-corrected chi connectivity index (χ4v) is 4.83. The molecule has 36 heavy (non-hydrogen) atoms. The molecule has 0 radical (unpaired) electrons. The molecule has 2 aliphatic rings. The van der Waals surface area contributed by atoms with E-state index in [1.165, 1.54) is 23.1 Å². The van der Waals surface area contributed by atoms with Crippen molar-refractivity contribution in [2.24, 2.45) is 0 Å². The van der Waals surface area contributed by atoms with E-state index in [0.717, 1.165) is 12.1 Å². The number of hydrogen-bond donors (Lipinski definition) is 1. The number of H-pyrrole nitrogens is 1. The van der Waals surface area contributed by atoms with E-state index in [9.17, 15) is 27.2 Å². The topological polar surface area (TPSA) is 59.7 Å². The monoisotopic (exact) mass is 500 g/mol. The van der Waals surface area contributed by atoms with Crippen molar-refractivity contribution in [2.75, 3.05) is 35.0 Å². The molecule has 0 spiro atoms. The molecule has 0 aliphatic carbocycles. The van der Waals surface area contributed by atoms with Crippen molar-refractivity contribution in [3.8, 4) is 0 Å². The van der Waals surface area contributed by atoms with Gasteiger partial charge in [-0.15, -0.1) is 0 Å². The van der Waals surface area contributed by atoms with Gasteiger partial charge in [-0.2, -0.15) is 13.2 Å². The average molecular weight is 500 g/mol. The Morgan fingerprint density at radius 2 is 1.69 bits per heavy atom. The molecule has 0 fully saturated rings. The van der Waals surface area contributed by atoms with Crippen LogP contribution in [0.3, 0.4) is 0 Å². The van der Waals surface area contributed by atoms with Crippen molar-refractivity contribution in [2.45, 2.75) is 32.4 Å². The third-order valence-corrected chi connectivity index (χ3v) is 6.75. The predicted molar refractivity (Wildman–Crippen MR) is 130 cm³/mol. The number of aryl methyl sites for hydroxylation is 2. The number of benzene rings is 2. The number of aromatic nitrogens is 1. The molecule has 0 unspecified atom stereocenters. The van der Waals surface area contributed by atoms with Gasteiger partial charge in [-0.25, -0.2) is 4.39 Å². The van der Waals surface area contributed by atoms with Crippen LogP contribution in [0.5, 0.6) is 0 Å². The van der Waals surface area contributed by atoms with Crippen molar-refractivity contribution in [1.82, 2.24) is 4.98 Å². The number of fused-ring (bicyclic) bond motifs is 8. The second-order valence-electron chi connectivity index (χ2n) is 9.20. The van der Waals surface area contributed by atoms with Crippen molar-refractivity contribution >= 4 is 28.8 Å². The molecule has 5 rings (SSSR count). The largest absolute Gasteiger partial charge is 0.416 e. The summed E-state index contributed by atoms with van der Waals surface area (Å²) in [5.74, 6) is -0.475. The summed E-state index contributed by atoms with van der Waals surface area (Å²) in [7, 11) is 1.80. The van der Waals surface area contributed by atoms with Gasteiger partial charge in [0.1, 0.15) is 18.3 Å². The molecule has 0 saturated heterocycles. The summed E-state index contributed by atoms with van der Waals surface area (Å²) in [5.41, 5.74) is 1.04. The van der Waals surface area contributed by atoms with Crippen LogP contribution in [0, 0.1) is 12.7 Å². The average Bonchev–Trinajstić information content (AvgIpc) is 2.82. The fraction of sp³-hybridized carbons (Fsp3) is 0.308. The maximum absolute atomic E-state index is 14.2. The number of amides is 1. The molecule has 1 aromatic heterocycles. The molecule has 1 amide bonds. The Balaban J connectivity index is 1.78. The van der Waals surface area contributed by atoms with Gasteiger partial charge in [0.15, 0.2) is 0 Å². The first-order valence-electron chi connectivity index (χ1n) is 11.6. The van der Waals surface area contributed by atoms with Crippen LogP contribution in [0.15, 0.2) is 47.3 Å². The highest BCUT2D eigenvalue weighted by Gasteiger charge is 2.38. The van der Waals surface area contributed by atoms with Crippen LogP contribution in [-0.4, -0.2) is 31.2 Å². The Labute approximate surface area is 204 Å². The SMILES string of the molecule is Cc1cc2c([nH]c1=O)N(C)CCCCc1cc(F)ccc1N1CN2C(=O)c2ccc(C(F)(F)F)cc21. The van der Waals surface area contributed by atoms with Gasteiger partial charge in [-0.3, -0.25) is 14.5 Å². The van der Waals surface area contributed by atoms with Crippen LogP contribution in [0.25, 0.3) is 0 Å². The van der Waals surface area contributed by atoms with Crippen LogP contribution in [0.2, 0.25) is 0 Å². The number of hydrogen-bond acceptors (Lipinski definition) is 4. The first kappa shape index (κ1) is 23.9. The Hall–Kier alpha value is -3.82. The molecule has 1 N–H and O–H groups in total. The van der Waals surface area contributed by atoms with Crippen LogP contribution in [0.1, 0.15) is 39.9 Å². The number of pyridine rings is 1. The predicted octanol–water partition coefficient (Wildman–Crippen LogP) is 5.37. The van der Waals surface area contributed by atoms with Gasteiger partial charge < -0.3 is 14.8 Å². The van der Waals surface area contributed by atoms with E-state index in [4.69, 9.17) is 0 Å². The van der Waals surface area contributed by atoms with Gasteiger partial charge in [0.25, 0.3) is 11.5 Å². The Bertz CT molecular complexity index is 1420. The Morgan fingerprint density at radius 1 is 0.917 bits per heavy atom. The summed E-state index contributed by atoms with van der Waals surface area (Å²) >= 11 is 0. The van der Waals surface area contributed by atoms with Crippen molar-refractivity contribution in [3.05, 3.63) is 80.9 Å². The molecular weight excluding hydrogens is 476 g/mol. The van der Waals surface area contributed by atoms with Crippen molar-refractivity contribution < 1.29 is 22.4 Å². The van der Waals surface area contributed by atoms with E-state index in [1.807, 2.05) is 4.90 Å². The zero-order valence-electron chi connectivity index (χ0n) is 19.7. The van der Waals surface area contributed by atoms with Gasteiger partial charge in [-0.05, 0) is 74.2 Å². The number of anilines is 4. The number of nitrogens with zero attached hydrogens (tertiary/aromatic N) is 3. The third kappa shape index (κ3) is 4.10. The van der Waals surface area contributed by atoms with Crippen LogP contribution < -0.4 is 20.3 Å². The molecule has 3 heterocycles. The summed E-state index contributed by atoms with van der Waals surface area (Å²) in [4.78, 5) is 33.9. The molecule has 0 saturated carbocycles. The number of carbonyl (C=O) groups is 1. The lowest BCUT2D eigenvalue weighted by molar-refractivity contribution is -0.137. The van der Waals surface area contributed by atoms with E-state index < -0.39 is 23.5 Å². The van der Waals surface area contributed by atoms with E-state index >= 15 is 0 Å². The number of rotatable bonds is 0. The van der Waals surface area contributed by atoms with Gasteiger partial charge in [0, 0.05) is 24.8 Å². The minimum absolute atomic E-state index is 0.0824. The molecule has 2 aliphatic heterocycles. The molecule has 2 bridgehead atoms. The molecular formula is C26H24F4N4O2. The second kappa shape index (κ2) is 8.69. The minimum atomic E-state index is -4.60. The van der Waals surface area contributed by atoms with Gasteiger partial charge in [0.2, 0.25) is 0 Å². The van der Waals surface area contributed by atoms with E-state index in [1.54, 1.807) is 31.0 Å². The second-order valence-corrected chi connectivity index (χ2v) is 9.20. The van der Waals surface area contributed by atoms with Crippen LogP contribution in [-0.2, 0) is 12.6 Å². The quantitative estimate of drug-likeness (QED) is 0.422. The number of halogens is 4. The van der Waals surface area contributed by atoms with Gasteiger partial charge in [0.05, 0.1) is 22.5 Å². The van der Waals surface area contributed by atoms with Crippen LogP contribution in [0.4, 0.5) is 40.4 Å². The molecule has 10 heteroatoms. The first-order chi connectivity index (χ1) is 17.0. The standard InChI is InChI=1S/C26H24F4N4O2/c1-15-11-22-23(31-24(15)35)32(2)10-4-3-5-16-12-18(27)7-9-20(16)33-14-34(22)25(36)19-8-6-17(13-21(19)33)26(28,29)30/h6-9,11-13H,3-5,10,14H2,1-2H3,(H,31,35). The first-order valence-corrected chi connectivity index (χ1v) is 11.6. The highest BCUT2D eigenvalue weighted by atomic mass is 19.4. The lowest BCUT2D eigenvalue weighted by atomic mass is 9.99. The number of carbonyl (C=O) groups excluding carboxylic acids is 1. The maximum atomic E-state index is 14.2. The number of aromatic amines is 1. The molecule has 6 nitrogen and oxygen atoms in total. The summed E-state index contributed by atoms with van der Waals surface area (Å²) in [5, 5.41) is 0. The zero-order valence-corrected chi connectivity index (χ0v) is 19.7. The van der Waals surface area contributed by atoms with E-state index in [0.29, 0.717) is 54.1 Å². The smallest absolute Gasteiger partial charge is 0.359 e. The molecule has 0 atom stereocenters.